The zero-order valence-corrected chi connectivity index (χ0v) is 21.2. The summed E-state index contributed by atoms with van der Waals surface area (Å²) in [6.07, 6.45) is 2.37. The number of carbonyl (C=O) groups is 2. The second-order valence-corrected chi connectivity index (χ2v) is 9.22. The molecule has 0 spiro atoms. The third-order valence-corrected chi connectivity index (χ3v) is 6.07. The molecule has 0 bridgehead atoms. The van der Waals surface area contributed by atoms with Crippen molar-refractivity contribution in [2.45, 2.75) is 19.4 Å². The minimum Gasteiger partial charge on any atom is -0.507 e. The first-order valence-electron chi connectivity index (χ1n) is 11.7. The lowest BCUT2D eigenvalue weighted by Crippen LogP contribution is -2.32. The van der Waals surface area contributed by atoms with E-state index in [1.807, 2.05) is 69.2 Å². The van der Waals surface area contributed by atoms with Crippen LogP contribution in [-0.4, -0.2) is 74.5 Å². The number of carbonyl (C=O) groups excluding carboxylic acids is 2. The van der Waals surface area contributed by atoms with E-state index in [0.29, 0.717) is 30.9 Å². The molecule has 2 aromatic rings. The molecule has 7 nitrogen and oxygen atoms in total. The molecule has 3 rings (SSSR count). The van der Waals surface area contributed by atoms with Crippen LogP contribution < -0.4 is 9.64 Å². The molecule has 0 aromatic heterocycles. The van der Waals surface area contributed by atoms with Crippen molar-refractivity contribution in [3.05, 3.63) is 77.4 Å². The zero-order chi connectivity index (χ0) is 25.7. The van der Waals surface area contributed by atoms with E-state index in [4.69, 9.17) is 4.74 Å². The van der Waals surface area contributed by atoms with Crippen LogP contribution >= 0.6 is 0 Å². The van der Waals surface area contributed by atoms with Gasteiger partial charge in [-0.1, -0.05) is 24.8 Å². The number of ketones is 1. The minimum atomic E-state index is -0.668. The second kappa shape index (κ2) is 11.2. The number of hydrogen-bond donors (Lipinski definition) is 1. The average molecular weight is 478 g/mol. The van der Waals surface area contributed by atoms with Crippen LogP contribution in [0.1, 0.15) is 29.2 Å². The van der Waals surface area contributed by atoms with E-state index in [9.17, 15) is 14.7 Å². The summed E-state index contributed by atoms with van der Waals surface area (Å²) < 4.78 is 5.63. The van der Waals surface area contributed by atoms with Crippen LogP contribution in [0.4, 0.5) is 5.69 Å². The van der Waals surface area contributed by atoms with E-state index in [1.54, 1.807) is 29.2 Å². The molecule has 7 heteroatoms. The van der Waals surface area contributed by atoms with Gasteiger partial charge < -0.3 is 24.5 Å². The topological polar surface area (TPSA) is 73.3 Å². The molecule has 0 radical (unpaired) electrons. The Morgan fingerprint density at radius 2 is 1.80 bits per heavy atom. The molecule has 1 aliphatic rings. The summed E-state index contributed by atoms with van der Waals surface area (Å²) in [4.78, 5) is 31.9. The predicted octanol–water partition coefficient (Wildman–Crippen LogP) is 4.00. The van der Waals surface area contributed by atoms with Crippen LogP contribution in [-0.2, 0) is 9.59 Å². The first-order valence-corrected chi connectivity index (χ1v) is 11.7. The van der Waals surface area contributed by atoms with Crippen molar-refractivity contribution in [2.24, 2.45) is 0 Å². The van der Waals surface area contributed by atoms with E-state index >= 15 is 0 Å². The molecule has 35 heavy (non-hydrogen) atoms. The molecule has 1 unspecified atom stereocenters. The third kappa shape index (κ3) is 5.74. The van der Waals surface area contributed by atoms with Crippen LogP contribution in [0.3, 0.4) is 0 Å². The standard InChI is InChI=1S/C28H35N3O4/c1-7-17-35-23-14-11-21(18-19(23)2)26(32)24-25(20-9-12-22(13-10-20)30(5)6)31(28(34)27(24)33)16-8-15-29(3)4/h7,9-14,18,25,32H,1,8,15-17H2,2-6H3/b26-24+. The van der Waals surface area contributed by atoms with Crippen molar-refractivity contribution in [3.8, 4) is 5.75 Å². The number of likely N-dealkylation sites (tertiary alicyclic amines) is 1. The normalized spacial score (nSPS) is 17.2. The minimum absolute atomic E-state index is 0.108. The quantitative estimate of drug-likeness (QED) is 0.241. The Bertz CT molecular complexity index is 1120. The van der Waals surface area contributed by atoms with Gasteiger partial charge in [0.15, 0.2) is 0 Å². The molecule has 1 aliphatic heterocycles. The summed E-state index contributed by atoms with van der Waals surface area (Å²) in [7, 11) is 7.84. The van der Waals surface area contributed by atoms with Gasteiger partial charge in [-0.25, -0.2) is 0 Å². The summed E-state index contributed by atoms with van der Waals surface area (Å²) in [6.45, 7) is 7.08. The number of ether oxygens (including phenoxy) is 1. The summed E-state index contributed by atoms with van der Waals surface area (Å²) >= 11 is 0. The number of amides is 1. The molecular formula is C28H35N3O4. The Balaban J connectivity index is 2.07. The number of benzene rings is 2. The first-order chi connectivity index (χ1) is 16.6. The monoisotopic (exact) mass is 477 g/mol. The molecule has 1 N–H and O–H groups in total. The molecule has 1 heterocycles. The van der Waals surface area contributed by atoms with Crippen molar-refractivity contribution in [3.63, 3.8) is 0 Å². The Labute approximate surface area is 207 Å². The fourth-order valence-corrected chi connectivity index (χ4v) is 4.23. The predicted molar refractivity (Wildman–Crippen MR) is 140 cm³/mol. The van der Waals surface area contributed by atoms with Gasteiger partial charge in [0.2, 0.25) is 0 Å². The fraction of sp³-hybridized carbons (Fsp3) is 0.357. The first kappa shape index (κ1) is 26.0. The summed E-state index contributed by atoms with van der Waals surface area (Å²) in [5, 5.41) is 11.3. The number of aryl methyl sites for hydroxylation is 1. The largest absolute Gasteiger partial charge is 0.507 e. The molecule has 1 amide bonds. The molecule has 186 valence electrons. The van der Waals surface area contributed by atoms with Crippen molar-refractivity contribution in [1.82, 2.24) is 9.80 Å². The number of aliphatic hydroxyl groups is 1. The highest BCUT2D eigenvalue weighted by atomic mass is 16.5. The lowest BCUT2D eigenvalue weighted by Gasteiger charge is -2.26. The van der Waals surface area contributed by atoms with Crippen molar-refractivity contribution in [1.29, 1.82) is 0 Å². The SMILES string of the molecule is C=CCOc1ccc(/C(O)=C2\C(=O)C(=O)N(CCCN(C)C)C2c2ccc(N(C)C)cc2)cc1C. The van der Waals surface area contributed by atoms with E-state index in [0.717, 1.165) is 23.4 Å². The highest BCUT2D eigenvalue weighted by molar-refractivity contribution is 6.46. The van der Waals surface area contributed by atoms with Gasteiger partial charge in [-0.2, -0.15) is 0 Å². The van der Waals surface area contributed by atoms with E-state index in [2.05, 4.69) is 6.58 Å². The molecule has 2 aromatic carbocycles. The summed E-state index contributed by atoms with van der Waals surface area (Å²) in [5.74, 6) is -0.770. The van der Waals surface area contributed by atoms with Gasteiger partial charge in [-0.3, -0.25) is 9.59 Å². The number of Topliss-reactive ketones (excluding diaryl/α,β-unsaturated/α-hetero) is 1. The number of anilines is 1. The Morgan fingerprint density at radius 1 is 1.11 bits per heavy atom. The van der Waals surface area contributed by atoms with Crippen LogP contribution in [0.15, 0.2) is 60.7 Å². The van der Waals surface area contributed by atoms with Gasteiger partial charge >= 0.3 is 0 Å². The Hall–Kier alpha value is -3.58. The third-order valence-electron chi connectivity index (χ3n) is 6.07. The van der Waals surface area contributed by atoms with Crippen molar-refractivity contribution in [2.75, 3.05) is 52.8 Å². The van der Waals surface area contributed by atoms with Gasteiger partial charge in [0.05, 0.1) is 11.6 Å². The van der Waals surface area contributed by atoms with Gasteiger partial charge in [0.1, 0.15) is 18.1 Å². The maximum Gasteiger partial charge on any atom is 0.295 e. The average Bonchev–Trinajstić information content (AvgIpc) is 3.07. The molecular weight excluding hydrogens is 442 g/mol. The van der Waals surface area contributed by atoms with E-state index in [1.165, 1.54) is 0 Å². The maximum atomic E-state index is 13.2. The van der Waals surface area contributed by atoms with Crippen LogP contribution in [0.2, 0.25) is 0 Å². The Morgan fingerprint density at radius 3 is 2.37 bits per heavy atom. The molecule has 1 atom stereocenters. The summed E-state index contributed by atoms with van der Waals surface area (Å²) in [5.41, 5.74) is 3.17. The highest BCUT2D eigenvalue weighted by Crippen LogP contribution is 2.40. The van der Waals surface area contributed by atoms with Crippen molar-refractivity contribution >= 4 is 23.1 Å². The maximum absolute atomic E-state index is 13.2. The molecule has 1 fully saturated rings. The van der Waals surface area contributed by atoms with E-state index in [-0.39, 0.29) is 11.3 Å². The van der Waals surface area contributed by atoms with Gasteiger partial charge in [0, 0.05) is 31.9 Å². The number of aliphatic hydroxyl groups excluding tert-OH is 1. The number of rotatable bonds is 10. The van der Waals surface area contributed by atoms with Gasteiger partial charge in [-0.05, 0) is 75.4 Å². The summed E-state index contributed by atoms with van der Waals surface area (Å²) in [6, 6.07) is 12.3. The van der Waals surface area contributed by atoms with Gasteiger partial charge in [0.25, 0.3) is 11.7 Å². The van der Waals surface area contributed by atoms with Crippen LogP contribution in [0, 0.1) is 6.92 Å². The zero-order valence-electron chi connectivity index (χ0n) is 21.2. The smallest absolute Gasteiger partial charge is 0.295 e. The van der Waals surface area contributed by atoms with Crippen molar-refractivity contribution < 1.29 is 19.4 Å². The van der Waals surface area contributed by atoms with E-state index < -0.39 is 17.7 Å². The molecule has 0 aliphatic carbocycles. The highest BCUT2D eigenvalue weighted by Gasteiger charge is 2.45. The lowest BCUT2D eigenvalue weighted by molar-refractivity contribution is -0.139. The lowest BCUT2D eigenvalue weighted by atomic mass is 9.94. The molecule has 1 saturated heterocycles. The van der Waals surface area contributed by atoms with Gasteiger partial charge in [-0.15, -0.1) is 0 Å². The fourth-order valence-electron chi connectivity index (χ4n) is 4.23. The van der Waals surface area contributed by atoms with Crippen LogP contribution in [0.25, 0.3) is 5.76 Å². The number of nitrogens with zero attached hydrogens (tertiary/aromatic N) is 3. The molecule has 0 saturated carbocycles. The Kier molecular flexibility index (Phi) is 8.35. The van der Waals surface area contributed by atoms with Crippen LogP contribution in [0.5, 0.6) is 5.75 Å². The number of hydrogen-bond acceptors (Lipinski definition) is 6. The second-order valence-electron chi connectivity index (χ2n) is 9.22.